The summed E-state index contributed by atoms with van der Waals surface area (Å²) in [5.74, 6) is 0.291. The molecule has 0 aliphatic rings. The fourth-order valence-corrected chi connectivity index (χ4v) is 4.20. The summed E-state index contributed by atoms with van der Waals surface area (Å²) in [4.78, 5) is 21.5. The number of aromatic nitrogens is 2. The van der Waals surface area contributed by atoms with Gasteiger partial charge in [0.05, 0.1) is 16.2 Å². The quantitative estimate of drug-likeness (QED) is 0.616. The molecule has 0 bridgehead atoms. The van der Waals surface area contributed by atoms with Gasteiger partial charge in [-0.25, -0.2) is 18.4 Å². The molecule has 0 radical (unpaired) electrons. The molecule has 0 aliphatic carbocycles. The number of amides is 1. The normalized spacial score (nSPS) is 12.6. The van der Waals surface area contributed by atoms with Gasteiger partial charge in [0, 0.05) is 23.5 Å². The highest BCUT2D eigenvalue weighted by molar-refractivity contribution is 7.92. The maximum absolute atomic E-state index is 13.0. The highest BCUT2D eigenvalue weighted by atomic mass is 32.2. The van der Waals surface area contributed by atoms with Crippen molar-refractivity contribution in [2.75, 3.05) is 0 Å². The first kappa shape index (κ1) is 22.6. The highest BCUT2D eigenvalue weighted by Gasteiger charge is 2.23. The smallest absolute Gasteiger partial charge is 0.251 e. The predicted octanol–water partition coefficient (Wildman–Crippen LogP) is 4.43. The first-order valence-corrected chi connectivity index (χ1v) is 11.7. The van der Waals surface area contributed by atoms with Gasteiger partial charge in [-0.1, -0.05) is 29.8 Å². The number of nitrogens with zero attached hydrogens (tertiary/aromatic N) is 2. The Balaban J connectivity index is 2.01. The van der Waals surface area contributed by atoms with Crippen molar-refractivity contribution in [3.63, 3.8) is 0 Å². The third kappa shape index (κ3) is 5.17. The van der Waals surface area contributed by atoms with E-state index in [1.54, 1.807) is 45.3 Å². The predicted molar refractivity (Wildman–Crippen MR) is 122 cm³/mol. The monoisotopic (exact) mass is 437 g/mol. The van der Waals surface area contributed by atoms with Crippen LogP contribution in [0.5, 0.6) is 0 Å². The first-order valence-electron chi connectivity index (χ1n) is 10.1. The molecule has 7 heteroatoms. The third-order valence-corrected chi connectivity index (χ3v) is 7.29. The summed E-state index contributed by atoms with van der Waals surface area (Å²) in [5.41, 5.74) is 3.68. The van der Waals surface area contributed by atoms with Crippen LogP contribution in [0.2, 0.25) is 0 Å². The Labute approximate surface area is 183 Å². The van der Waals surface area contributed by atoms with Crippen molar-refractivity contribution in [3.05, 3.63) is 77.4 Å². The lowest BCUT2D eigenvalue weighted by molar-refractivity contribution is 0.0939. The van der Waals surface area contributed by atoms with Gasteiger partial charge >= 0.3 is 0 Å². The van der Waals surface area contributed by atoms with E-state index in [-0.39, 0.29) is 22.4 Å². The minimum Gasteiger partial charge on any atom is -0.345 e. The molecule has 31 heavy (non-hydrogen) atoms. The van der Waals surface area contributed by atoms with Gasteiger partial charge in [-0.3, -0.25) is 4.79 Å². The Kier molecular flexibility index (Phi) is 6.55. The summed E-state index contributed by atoms with van der Waals surface area (Å²) in [7, 11) is -3.56. The molecule has 1 N–H and O–H groups in total. The standard InChI is InChI=1S/C24H27N3O3S/c1-15(2)31(29,30)23-11-20(19-8-6-16(3)7-9-19)10-21(12-23)24(28)27-17(4)22-13-25-18(5)26-14-22/h6-15,17H,1-5H3,(H,27,28)/t17-/m1/s1. The second-order valence-corrected chi connectivity index (χ2v) is 10.5. The van der Waals surface area contributed by atoms with E-state index in [0.717, 1.165) is 16.7 Å². The average Bonchev–Trinajstić information content (AvgIpc) is 2.74. The van der Waals surface area contributed by atoms with E-state index >= 15 is 0 Å². The van der Waals surface area contributed by atoms with Crippen LogP contribution in [0.1, 0.15) is 54.1 Å². The van der Waals surface area contributed by atoms with E-state index in [4.69, 9.17) is 0 Å². The van der Waals surface area contributed by atoms with Crippen LogP contribution in [0.15, 0.2) is 59.8 Å². The maximum Gasteiger partial charge on any atom is 0.251 e. The van der Waals surface area contributed by atoms with Crippen LogP contribution in [0.3, 0.4) is 0 Å². The average molecular weight is 438 g/mol. The fraction of sp³-hybridized carbons (Fsp3) is 0.292. The van der Waals surface area contributed by atoms with Crippen LogP contribution in [0, 0.1) is 13.8 Å². The summed E-state index contributed by atoms with van der Waals surface area (Å²) in [6.07, 6.45) is 3.34. The van der Waals surface area contributed by atoms with E-state index in [0.29, 0.717) is 11.4 Å². The number of hydrogen-bond donors (Lipinski definition) is 1. The molecule has 1 heterocycles. The molecule has 0 saturated carbocycles. The van der Waals surface area contributed by atoms with Crippen LogP contribution in [-0.4, -0.2) is 29.5 Å². The molecule has 6 nitrogen and oxygen atoms in total. The maximum atomic E-state index is 13.0. The molecule has 0 fully saturated rings. The van der Waals surface area contributed by atoms with Gasteiger partial charge in [-0.05, 0) is 63.9 Å². The van der Waals surface area contributed by atoms with Crippen LogP contribution >= 0.6 is 0 Å². The molecule has 162 valence electrons. The zero-order valence-corrected chi connectivity index (χ0v) is 19.2. The number of nitrogens with one attached hydrogen (secondary N) is 1. The van der Waals surface area contributed by atoms with Crippen LogP contribution in [0.25, 0.3) is 11.1 Å². The molecule has 1 aromatic heterocycles. The Morgan fingerprint density at radius 3 is 2.10 bits per heavy atom. The van der Waals surface area contributed by atoms with Crippen LogP contribution < -0.4 is 5.32 Å². The number of sulfone groups is 1. The van der Waals surface area contributed by atoms with Gasteiger partial charge in [0.2, 0.25) is 0 Å². The van der Waals surface area contributed by atoms with Crippen molar-refractivity contribution in [1.29, 1.82) is 0 Å². The molecular weight excluding hydrogens is 410 g/mol. The Hall–Kier alpha value is -3.06. The van der Waals surface area contributed by atoms with E-state index in [9.17, 15) is 13.2 Å². The number of carbonyl (C=O) groups excluding carboxylic acids is 1. The molecule has 0 unspecified atom stereocenters. The van der Waals surface area contributed by atoms with Crippen molar-refractivity contribution >= 4 is 15.7 Å². The Morgan fingerprint density at radius 1 is 0.903 bits per heavy atom. The molecule has 3 aromatic rings. The molecular formula is C24H27N3O3S. The summed E-state index contributed by atoms with van der Waals surface area (Å²) in [6, 6.07) is 12.2. The van der Waals surface area contributed by atoms with Crippen molar-refractivity contribution in [3.8, 4) is 11.1 Å². The van der Waals surface area contributed by atoms with Gasteiger partial charge in [0.15, 0.2) is 9.84 Å². The summed E-state index contributed by atoms with van der Waals surface area (Å²) in [5, 5.41) is 2.32. The lowest BCUT2D eigenvalue weighted by Crippen LogP contribution is -2.27. The number of hydrogen-bond acceptors (Lipinski definition) is 5. The molecule has 2 aromatic carbocycles. The SMILES string of the molecule is Cc1ccc(-c2cc(C(=O)N[C@H](C)c3cnc(C)nc3)cc(S(=O)(=O)C(C)C)c2)cc1. The summed E-state index contributed by atoms with van der Waals surface area (Å²) < 4.78 is 25.7. The number of rotatable bonds is 6. The van der Waals surface area contributed by atoms with E-state index < -0.39 is 15.1 Å². The lowest BCUT2D eigenvalue weighted by Gasteiger charge is -2.16. The lowest BCUT2D eigenvalue weighted by atomic mass is 10.0. The zero-order valence-electron chi connectivity index (χ0n) is 18.4. The molecule has 0 saturated heterocycles. The van der Waals surface area contributed by atoms with Crippen LogP contribution in [0.4, 0.5) is 0 Å². The molecule has 1 amide bonds. The van der Waals surface area contributed by atoms with E-state index in [1.165, 1.54) is 6.07 Å². The van der Waals surface area contributed by atoms with Gasteiger partial charge in [0.1, 0.15) is 5.82 Å². The first-order chi connectivity index (χ1) is 14.6. The van der Waals surface area contributed by atoms with Gasteiger partial charge in [-0.15, -0.1) is 0 Å². The van der Waals surface area contributed by atoms with Gasteiger partial charge in [0.25, 0.3) is 5.91 Å². The Bertz CT molecular complexity index is 1190. The van der Waals surface area contributed by atoms with Crippen molar-refractivity contribution in [2.45, 2.75) is 50.8 Å². The third-order valence-electron chi connectivity index (χ3n) is 5.15. The van der Waals surface area contributed by atoms with Crippen LogP contribution in [-0.2, 0) is 9.84 Å². The van der Waals surface area contributed by atoms with E-state index in [1.807, 2.05) is 38.1 Å². The van der Waals surface area contributed by atoms with Crippen molar-refractivity contribution in [2.24, 2.45) is 0 Å². The summed E-state index contributed by atoms with van der Waals surface area (Å²) in [6.45, 7) is 8.88. The number of aryl methyl sites for hydroxylation is 2. The second-order valence-electron chi connectivity index (χ2n) is 7.96. The molecule has 1 atom stereocenters. The minimum atomic E-state index is -3.56. The molecule has 3 rings (SSSR count). The van der Waals surface area contributed by atoms with Gasteiger partial charge < -0.3 is 5.32 Å². The Morgan fingerprint density at radius 2 is 1.52 bits per heavy atom. The number of carbonyl (C=O) groups is 1. The van der Waals surface area contributed by atoms with E-state index in [2.05, 4.69) is 15.3 Å². The highest BCUT2D eigenvalue weighted by Crippen LogP contribution is 2.27. The van der Waals surface area contributed by atoms with Gasteiger partial charge in [-0.2, -0.15) is 0 Å². The fourth-order valence-electron chi connectivity index (χ4n) is 3.07. The number of benzene rings is 2. The van der Waals surface area contributed by atoms with Crippen molar-refractivity contribution < 1.29 is 13.2 Å². The molecule has 0 spiro atoms. The largest absolute Gasteiger partial charge is 0.345 e. The summed E-state index contributed by atoms with van der Waals surface area (Å²) >= 11 is 0. The minimum absolute atomic E-state index is 0.136. The van der Waals surface area contributed by atoms with Crippen molar-refractivity contribution in [1.82, 2.24) is 15.3 Å². The molecule has 0 aliphatic heterocycles. The zero-order chi connectivity index (χ0) is 22.8. The second kappa shape index (κ2) is 8.98. The topological polar surface area (TPSA) is 89.0 Å².